The molecular formula is C20H28O4. The predicted octanol–water partition coefficient (Wildman–Crippen LogP) is 3.81. The zero-order chi connectivity index (χ0) is 17.1. The van der Waals surface area contributed by atoms with Crippen molar-refractivity contribution in [1.29, 1.82) is 0 Å². The van der Waals surface area contributed by atoms with Gasteiger partial charge >= 0.3 is 11.9 Å². The number of ether oxygens (including phenoxy) is 2. The fourth-order valence-corrected chi connectivity index (χ4v) is 5.35. The van der Waals surface area contributed by atoms with Gasteiger partial charge in [-0.1, -0.05) is 13.2 Å². The van der Waals surface area contributed by atoms with Crippen LogP contribution in [0.25, 0.3) is 0 Å². The third-order valence-electron chi connectivity index (χ3n) is 6.34. The Kier molecular flexibility index (Phi) is 5.42. The lowest BCUT2D eigenvalue weighted by Gasteiger charge is -2.50. The molecule has 0 aromatic rings. The van der Waals surface area contributed by atoms with Crippen LogP contribution in [0.4, 0.5) is 0 Å². The maximum atomic E-state index is 11.4. The van der Waals surface area contributed by atoms with E-state index >= 15 is 0 Å². The number of hydrogen-bond acceptors (Lipinski definition) is 4. The van der Waals surface area contributed by atoms with Gasteiger partial charge in [-0.25, -0.2) is 9.59 Å². The van der Waals surface area contributed by atoms with Crippen LogP contribution in [0.2, 0.25) is 0 Å². The second-order valence-electron chi connectivity index (χ2n) is 7.58. The van der Waals surface area contributed by atoms with Crippen molar-refractivity contribution < 1.29 is 19.1 Å². The third kappa shape index (κ3) is 3.73. The molecule has 0 aromatic carbocycles. The molecule has 0 bridgehead atoms. The summed E-state index contributed by atoms with van der Waals surface area (Å²) in [7, 11) is 0. The molecule has 0 heterocycles. The molecule has 4 nitrogen and oxygen atoms in total. The summed E-state index contributed by atoms with van der Waals surface area (Å²) in [6, 6.07) is 0. The van der Waals surface area contributed by atoms with E-state index in [1.54, 1.807) is 0 Å². The number of fused-ring (bicyclic) bond motifs is 3. The lowest BCUT2D eigenvalue weighted by molar-refractivity contribution is -0.151. The molecule has 3 saturated carbocycles. The summed E-state index contributed by atoms with van der Waals surface area (Å²) in [6.45, 7) is 6.96. The first-order valence-electron chi connectivity index (χ1n) is 9.26. The van der Waals surface area contributed by atoms with Crippen molar-refractivity contribution in [3.8, 4) is 0 Å². The molecule has 3 aliphatic rings. The van der Waals surface area contributed by atoms with Crippen molar-refractivity contribution in [2.24, 2.45) is 23.7 Å². The quantitative estimate of drug-likeness (QED) is 0.580. The van der Waals surface area contributed by atoms with Gasteiger partial charge in [-0.2, -0.15) is 0 Å². The zero-order valence-electron chi connectivity index (χ0n) is 14.3. The van der Waals surface area contributed by atoms with Crippen molar-refractivity contribution in [3.05, 3.63) is 25.3 Å². The SMILES string of the molecule is C=CC(=O)OC1CCC2C(CCC3CC(OC(=O)C=C)CCC32)C1. The molecule has 4 heteroatoms. The maximum absolute atomic E-state index is 11.4. The van der Waals surface area contributed by atoms with E-state index in [-0.39, 0.29) is 24.1 Å². The van der Waals surface area contributed by atoms with Gasteiger partial charge < -0.3 is 9.47 Å². The molecule has 0 aromatic heterocycles. The molecule has 0 spiro atoms. The minimum absolute atomic E-state index is 0.0678. The van der Waals surface area contributed by atoms with E-state index in [4.69, 9.17) is 9.47 Å². The van der Waals surface area contributed by atoms with Crippen LogP contribution in [0.15, 0.2) is 25.3 Å². The Labute approximate surface area is 144 Å². The van der Waals surface area contributed by atoms with Crippen LogP contribution in [0.5, 0.6) is 0 Å². The van der Waals surface area contributed by atoms with E-state index in [0.717, 1.165) is 50.4 Å². The van der Waals surface area contributed by atoms with Crippen molar-refractivity contribution >= 4 is 11.9 Å². The molecule has 3 fully saturated rings. The van der Waals surface area contributed by atoms with E-state index in [1.165, 1.54) is 25.0 Å². The molecule has 132 valence electrons. The average molecular weight is 332 g/mol. The first-order chi connectivity index (χ1) is 11.6. The molecular weight excluding hydrogens is 304 g/mol. The molecule has 0 aliphatic heterocycles. The standard InChI is InChI=1S/C20H28O4/c1-3-19(21)23-15-7-9-17-13(11-15)5-6-14-12-16(8-10-18(14)17)24-20(22)4-2/h3-4,13-18H,1-2,5-12H2. The Morgan fingerprint density at radius 1 is 0.708 bits per heavy atom. The minimum atomic E-state index is -0.295. The molecule has 6 unspecified atom stereocenters. The van der Waals surface area contributed by atoms with Crippen LogP contribution in [0.1, 0.15) is 51.4 Å². The summed E-state index contributed by atoms with van der Waals surface area (Å²) in [5.74, 6) is 2.26. The lowest BCUT2D eigenvalue weighted by atomic mass is 9.57. The van der Waals surface area contributed by atoms with Gasteiger partial charge in [0.1, 0.15) is 12.2 Å². The fourth-order valence-electron chi connectivity index (χ4n) is 5.35. The molecule has 0 amide bonds. The van der Waals surface area contributed by atoms with Crippen LogP contribution >= 0.6 is 0 Å². The average Bonchev–Trinajstić information content (AvgIpc) is 2.60. The molecule has 0 N–H and O–H groups in total. The minimum Gasteiger partial charge on any atom is -0.459 e. The zero-order valence-corrected chi connectivity index (χ0v) is 14.3. The van der Waals surface area contributed by atoms with Crippen LogP contribution in [-0.2, 0) is 19.1 Å². The number of esters is 2. The van der Waals surface area contributed by atoms with Gasteiger partial charge in [0.05, 0.1) is 0 Å². The maximum Gasteiger partial charge on any atom is 0.330 e. The highest BCUT2D eigenvalue weighted by molar-refractivity contribution is 5.81. The highest BCUT2D eigenvalue weighted by Gasteiger charge is 2.45. The Balaban J connectivity index is 1.55. The monoisotopic (exact) mass is 332 g/mol. The van der Waals surface area contributed by atoms with Gasteiger partial charge in [0.15, 0.2) is 0 Å². The Morgan fingerprint density at radius 3 is 1.50 bits per heavy atom. The van der Waals surface area contributed by atoms with E-state index in [0.29, 0.717) is 11.8 Å². The largest absolute Gasteiger partial charge is 0.459 e. The smallest absolute Gasteiger partial charge is 0.330 e. The Morgan fingerprint density at radius 2 is 1.12 bits per heavy atom. The summed E-state index contributed by atoms with van der Waals surface area (Å²) in [5, 5.41) is 0. The van der Waals surface area contributed by atoms with Crippen LogP contribution in [-0.4, -0.2) is 24.1 Å². The van der Waals surface area contributed by atoms with Crippen LogP contribution in [0, 0.1) is 23.7 Å². The van der Waals surface area contributed by atoms with Crippen molar-refractivity contribution in [3.63, 3.8) is 0 Å². The van der Waals surface area contributed by atoms with E-state index in [1.807, 2.05) is 0 Å². The summed E-state index contributed by atoms with van der Waals surface area (Å²) in [6.07, 6.45) is 11.3. The Hall–Kier alpha value is -1.58. The number of carbonyl (C=O) groups excluding carboxylic acids is 2. The van der Waals surface area contributed by atoms with Gasteiger partial charge in [-0.15, -0.1) is 0 Å². The molecule has 6 atom stereocenters. The predicted molar refractivity (Wildman–Crippen MR) is 91.1 cm³/mol. The normalized spacial score (nSPS) is 38.2. The third-order valence-corrected chi connectivity index (χ3v) is 6.34. The van der Waals surface area contributed by atoms with Gasteiger partial charge in [-0.3, -0.25) is 0 Å². The van der Waals surface area contributed by atoms with Crippen molar-refractivity contribution in [2.45, 2.75) is 63.6 Å². The van der Waals surface area contributed by atoms with E-state index in [9.17, 15) is 9.59 Å². The fraction of sp³-hybridized carbons (Fsp3) is 0.700. The van der Waals surface area contributed by atoms with Crippen molar-refractivity contribution in [2.75, 3.05) is 0 Å². The molecule has 0 saturated heterocycles. The van der Waals surface area contributed by atoms with Crippen LogP contribution < -0.4 is 0 Å². The first kappa shape index (κ1) is 17.2. The molecule has 24 heavy (non-hydrogen) atoms. The summed E-state index contributed by atoms with van der Waals surface area (Å²) < 4.78 is 10.9. The van der Waals surface area contributed by atoms with Gasteiger partial charge in [0.25, 0.3) is 0 Å². The first-order valence-corrected chi connectivity index (χ1v) is 9.26. The number of rotatable bonds is 4. The summed E-state index contributed by atoms with van der Waals surface area (Å²) >= 11 is 0. The number of hydrogen-bond donors (Lipinski definition) is 0. The summed E-state index contributed by atoms with van der Waals surface area (Å²) in [4.78, 5) is 22.9. The lowest BCUT2D eigenvalue weighted by Crippen LogP contribution is -2.44. The number of carbonyl (C=O) groups is 2. The van der Waals surface area contributed by atoms with Gasteiger partial charge in [0.2, 0.25) is 0 Å². The second-order valence-corrected chi connectivity index (χ2v) is 7.58. The van der Waals surface area contributed by atoms with Crippen molar-refractivity contribution in [1.82, 2.24) is 0 Å². The molecule has 0 radical (unpaired) electrons. The topological polar surface area (TPSA) is 52.6 Å². The highest BCUT2D eigenvalue weighted by Crippen LogP contribution is 2.52. The Bertz CT molecular complexity index is 466. The highest BCUT2D eigenvalue weighted by atomic mass is 16.5. The van der Waals surface area contributed by atoms with E-state index < -0.39 is 0 Å². The van der Waals surface area contributed by atoms with Gasteiger partial charge in [-0.05, 0) is 75.0 Å². The van der Waals surface area contributed by atoms with Crippen LogP contribution in [0.3, 0.4) is 0 Å². The van der Waals surface area contributed by atoms with E-state index in [2.05, 4.69) is 13.2 Å². The second kappa shape index (κ2) is 7.54. The molecule has 3 rings (SSSR count). The summed E-state index contributed by atoms with van der Waals surface area (Å²) in [5.41, 5.74) is 0. The van der Waals surface area contributed by atoms with Gasteiger partial charge in [0, 0.05) is 12.2 Å². The molecule has 3 aliphatic carbocycles.